The standard InChI is InChI=1S/C32H27BBrFN8/c33-32(22-8-10-23(35)11-9-22,29-19-43(42-41-29)25-12-13-25)40-24-15-26-30(21(17-37)18-38-31(26)27(34)16-24)39-28(7-4-14-36)20-5-2-1-3-6-20/h1-3,5-6,8-11,15-16,18-19,25,28,40-42H,4,7,12-13H2,(H,38,39)/t28-,32?/m1/s1. The normalized spacial score (nSPS) is 16.4. The van der Waals surface area contributed by atoms with E-state index < -0.39 is 5.44 Å². The molecule has 0 spiro atoms. The summed E-state index contributed by atoms with van der Waals surface area (Å²) in [6.07, 6.45) is 6.54. The van der Waals surface area contributed by atoms with Gasteiger partial charge >= 0.3 is 0 Å². The third-order valence-corrected chi connectivity index (χ3v) is 8.31. The number of pyridine rings is 1. The van der Waals surface area contributed by atoms with Gasteiger partial charge in [-0.3, -0.25) is 9.99 Å². The highest BCUT2D eigenvalue weighted by Crippen LogP contribution is 2.39. The molecule has 2 atom stereocenters. The zero-order valence-corrected chi connectivity index (χ0v) is 24.7. The quantitative estimate of drug-likeness (QED) is 0.152. The first-order chi connectivity index (χ1) is 20.9. The van der Waals surface area contributed by atoms with Crippen molar-refractivity contribution >= 4 is 46.1 Å². The molecule has 2 heterocycles. The Hall–Kier alpha value is -4.58. The number of hydrogen-bond acceptors (Lipinski definition) is 8. The second-order valence-electron chi connectivity index (χ2n) is 10.7. The average molecular weight is 633 g/mol. The summed E-state index contributed by atoms with van der Waals surface area (Å²) >= 11 is 3.68. The largest absolute Gasteiger partial charge is 0.378 e. The molecular weight excluding hydrogens is 606 g/mol. The Kier molecular flexibility index (Phi) is 7.94. The molecule has 2 aliphatic rings. The van der Waals surface area contributed by atoms with Crippen LogP contribution < -0.4 is 21.6 Å². The molecule has 3 aromatic carbocycles. The topological polar surface area (TPSA) is 112 Å². The summed E-state index contributed by atoms with van der Waals surface area (Å²) in [4.78, 5) is 4.57. The molecule has 11 heteroatoms. The molecule has 43 heavy (non-hydrogen) atoms. The lowest BCUT2D eigenvalue weighted by Gasteiger charge is -2.34. The number of aromatic nitrogens is 1. The van der Waals surface area contributed by atoms with Gasteiger partial charge in [0, 0.05) is 40.4 Å². The van der Waals surface area contributed by atoms with E-state index >= 15 is 0 Å². The SMILES string of the molecule is [B]C(Nc1cc(Br)c2ncc(C#N)c(N[C@H](CCC#N)c3ccccc3)c2c1)(C1=CN(C2CC2)NN1)c1ccc(F)cc1. The predicted octanol–water partition coefficient (Wildman–Crippen LogP) is 6.23. The van der Waals surface area contributed by atoms with Gasteiger partial charge in [-0.1, -0.05) is 42.5 Å². The van der Waals surface area contributed by atoms with Gasteiger partial charge in [-0.05, 0) is 70.6 Å². The molecule has 1 saturated carbocycles. The second kappa shape index (κ2) is 12.0. The molecule has 1 aliphatic carbocycles. The van der Waals surface area contributed by atoms with Crippen LogP contribution in [0.25, 0.3) is 10.9 Å². The first-order valence-corrected chi connectivity index (χ1v) is 14.7. The Labute approximate surface area is 259 Å². The molecule has 212 valence electrons. The molecule has 1 fully saturated rings. The summed E-state index contributed by atoms with van der Waals surface area (Å²) in [7, 11) is 7.13. The smallest absolute Gasteiger partial charge is 0.123 e. The predicted molar refractivity (Wildman–Crippen MR) is 168 cm³/mol. The van der Waals surface area contributed by atoms with Crippen LogP contribution in [0.15, 0.2) is 89.3 Å². The molecule has 0 bridgehead atoms. The van der Waals surface area contributed by atoms with Gasteiger partial charge in [0.05, 0.1) is 40.0 Å². The number of benzene rings is 3. The van der Waals surface area contributed by atoms with Crippen LogP contribution in [0.3, 0.4) is 0 Å². The van der Waals surface area contributed by atoms with Crippen LogP contribution in [0.1, 0.15) is 48.4 Å². The Bertz CT molecular complexity index is 1770. The van der Waals surface area contributed by atoms with E-state index in [1.807, 2.05) is 53.7 Å². The van der Waals surface area contributed by atoms with E-state index in [-0.39, 0.29) is 11.9 Å². The van der Waals surface area contributed by atoms with E-state index in [9.17, 15) is 14.9 Å². The third kappa shape index (κ3) is 5.87. The molecule has 0 saturated heterocycles. The van der Waals surface area contributed by atoms with Crippen molar-refractivity contribution in [3.8, 4) is 12.1 Å². The Morgan fingerprint density at radius 1 is 1.14 bits per heavy atom. The first kappa shape index (κ1) is 28.5. The molecule has 4 N–H and O–H groups in total. The van der Waals surface area contributed by atoms with Gasteiger partial charge in [0.15, 0.2) is 0 Å². The van der Waals surface area contributed by atoms with Gasteiger partial charge in [0.1, 0.15) is 19.7 Å². The highest BCUT2D eigenvalue weighted by molar-refractivity contribution is 9.10. The Balaban J connectivity index is 1.44. The Morgan fingerprint density at radius 3 is 2.60 bits per heavy atom. The highest BCUT2D eigenvalue weighted by atomic mass is 79.9. The van der Waals surface area contributed by atoms with Crippen molar-refractivity contribution in [1.82, 2.24) is 21.0 Å². The van der Waals surface area contributed by atoms with E-state index in [2.05, 4.69) is 54.6 Å². The van der Waals surface area contributed by atoms with Crippen molar-refractivity contribution in [3.63, 3.8) is 0 Å². The summed E-state index contributed by atoms with van der Waals surface area (Å²) in [5.74, 6) is -0.360. The van der Waals surface area contributed by atoms with Crippen LogP contribution in [-0.2, 0) is 5.44 Å². The molecule has 1 aliphatic heterocycles. The number of fused-ring (bicyclic) bond motifs is 1. The molecule has 4 aromatic rings. The van der Waals surface area contributed by atoms with Crippen molar-refractivity contribution in [2.45, 2.75) is 43.2 Å². The van der Waals surface area contributed by atoms with Crippen LogP contribution >= 0.6 is 15.9 Å². The summed E-state index contributed by atoms with van der Waals surface area (Å²) in [5.41, 5.74) is 9.68. The summed E-state index contributed by atoms with van der Waals surface area (Å²) in [6, 6.07) is 24.4. The minimum atomic E-state index is -1.27. The van der Waals surface area contributed by atoms with E-state index in [1.54, 1.807) is 18.3 Å². The van der Waals surface area contributed by atoms with Crippen LogP contribution in [0.2, 0.25) is 0 Å². The monoisotopic (exact) mass is 632 g/mol. The maximum absolute atomic E-state index is 13.9. The Morgan fingerprint density at radius 2 is 1.91 bits per heavy atom. The lowest BCUT2D eigenvalue weighted by Crippen LogP contribution is -2.45. The van der Waals surface area contributed by atoms with Gasteiger partial charge < -0.3 is 16.1 Å². The number of nitrogens with zero attached hydrogens (tertiary/aromatic N) is 4. The second-order valence-corrected chi connectivity index (χ2v) is 11.5. The fourth-order valence-electron chi connectivity index (χ4n) is 5.28. The number of hydrazine groups is 2. The molecule has 1 aromatic heterocycles. The van der Waals surface area contributed by atoms with Crippen molar-refractivity contribution in [3.05, 3.63) is 112 Å². The number of halogens is 2. The molecule has 2 radical (unpaired) electrons. The number of hydrogen-bond donors (Lipinski definition) is 4. The van der Waals surface area contributed by atoms with E-state index in [0.717, 1.165) is 18.4 Å². The number of anilines is 2. The van der Waals surface area contributed by atoms with Gasteiger partial charge in [-0.25, -0.2) is 4.39 Å². The zero-order valence-electron chi connectivity index (χ0n) is 23.1. The molecular formula is C32H27BBrFN8. The summed E-state index contributed by atoms with van der Waals surface area (Å²) < 4.78 is 14.6. The highest BCUT2D eigenvalue weighted by Gasteiger charge is 2.37. The van der Waals surface area contributed by atoms with Gasteiger partial charge in [-0.2, -0.15) is 10.5 Å². The maximum atomic E-state index is 13.9. The number of nitrogens with one attached hydrogen (secondary N) is 4. The van der Waals surface area contributed by atoms with E-state index in [0.29, 0.717) is 62.5 Å². The maximum Gasteiger partial charge on any atom is 0.123 e. The fraction of sp³-hybridized carbons (Fsp3) is 0.219. The van der Waals surface area contributed by atoms with E-state index in [4.69, 9.17) is 7.85 Å². The minimum absolute atomic E-state index is 0.214. The summed E-state index contributed by atoms with van der Waals surface area (Å²) in [5, 5.41) is 29.1. The van der Waals surface area contributed by atoms with Crippen LogP contribution in [0.5, 0.6) is 0 Å². The third-order valence-electron chi connectivity index (χ3n) is 7.70. The zero-order chi connectivity index (χ0) is 30.0. The minimum Gasteiger partial charge on any atom is -0.378 e. The average Bonchev–Trinajstić information content (AvgIpc) is 3.75. The molecule has 0 amide bonds. The number of rotatable bonds is 10. The van der Waals surface area contributed by atoms with E-state index in [1.165, 1.54) is 12.1 Å². The fourth-order valence-corrected chi connectivity index (χ4v) is 5.84. The van der Waals surface area contributed by atoms with Crippen LogP contribution in [-0.4, -0.2) is 23.9 Å². The van der Waals surface area contributed by atoms with Crippen molar-refractivity contribution in [2.75, 3.05) is 10.6 Å². The number of nitriles is 2. The first-order valence-electron chi connectivity index (χ1n) is 14.0. The van der Waals surface area contributed by atoms with Gasteiger partial charge in [0.25, 0.3) is 0 Å². The van der Waals surface area contributed by atoms with Crippen molar-refractivity contribution < 1.29 is 4.39 Å². The van der Waals surface area contributed by atoms with Gasteiger partial charge in [0.2, 0.25) is 0 Å². The van der Waals surface area contributed by atoms with Crippen molar-refractivity contribution in [2.24, 2.45) is 0 Å². The van der Waals surface area contributed by atoms with Crippen LogP contribution in [0.4, 0.5) is 15.8 Å². The van der Waals surface area contributed by atoms with Crippen molar-refractivity contribution in [1.29, 1.82) is 10.5 Å². The lowest BCUT2D eigenvalue weighted by molar-refractivity contribution is 0.260. The van der Waals surface area contributed by atoms with Crippen LogP contribution in [0, 0.1) is 28.5 Å². The molecule has 1 unspecified atom stereocenters. The summed E-state index contributed by atoms with van der Waals surface area (Å²) in [6.45, 7) is 0. The molecule has 6 rings (SSSR count). The van der Waals surface area contributed by atoms with Gasteiger partial charge in [-0.15, -0.1) is 5.53 Å². The molecule has 8 nitrogen and oxygen atoms in total. The lowest BCUT2D eigenvalue weighted by atomic mass is 9.69.